The molecule has 0 spiro atoms. The van der Waals surface area contributed by atoms with Crippen molar-refractivity contribution in [3.05, 3.63) is 34.1 Å². The van der Waals surface area contributed by atoms with Crippen LogP contribution in [0.15, 0.2) is 6.07 Å². The molecular weight excluding hydrogens is 191 g/mol. The van der Waals surface area contributed by atoms with Gasteiger partial charge in [-0.15, -0.1) is 0 Å². The number of hydrogen-bond donors (Lipinski definition) is 1. The molecule has 1 aliphatic rings. The Balaban J connectivity index is 2.75. The smallest absolute Gasteiger partial charge is 0.129 e. The zero-order valence-corrected chi connectivity index (χ0v) is 9.69. The van der Waals surface area contributed by atoms with Gasteiger partial charge >= 0.3 is 0 Å². The van der Waals surface area contributed by atoms with E-state index in [4.69, 9.17) is 0 Å². The van der Waals surface area contributed by atoms with Crippen LogP contribution in [0.5, 0.6) is 0 Å². The number of aryl methyl sites for hydroxylation is 1. The first-order chi connectivity index (χ1) is 6.84. The van der Waals surface area contributed by atoms with Crippen molar-refractivity contribution in [3.63, 3.8) is 0 Å². The monoisotopic (exact) mass is 208 g/mol. The van der Waals surface area contributed by atoms with E-state index >= 15 is 0 Å². The molecule has 0 saturated heterocycles. The topological polar surface area (TPSA) is 20.2 Å². The number of aliphatic hydroxyl groups is 1. The van der Waals surface area contributed by atoms with Gasteiger partial charge in [0.1, 0.15) is 5.82 Å². The van der Waals surface area contributed by atoms with Crippen LogP contribution in [-0.4, -0.2) is 5.11 Å². The first-order valence-corrected chi connectivity index (χ1v) is 5.33. The first kappa shape index (κ1) is 10.6. The molecule has 0 unspecified atom stereocenters. The van der Waals surface area contributed by atoms with Crippen LogP contribution in [0.25, 0.3) is 0 Å². The van der Waals surface area contributed by atoms with Gasteiger partial charge in [-0.05, 0) is 47.9 Å². The first-order valence-electron chi connectivity index (χ1n) is 5.33. The van der Waals surface area contributed by atoms with Crippen LogP contribution in [0.2, 0.25) is 0 Å². The minimum Gasteiger partial charge on any atom is -0.388 e. The van der Waals surface area contributed by atoms with Crippen molar-refractivity contribution in [2.24, 2.45) is 0 Å². The number of halogens is 1. The maximum atomic E-state index is 13.7. The number of benzene rings is 1. The van der Waals surface area contributed by atoms with Gasteiger partial charge in [-0.1, -0.05) is 19.9 Å². The van der Waals surface area contributed by atoms with Gasteiger partial charge in [0.05, 0.1) is 6.10 Å². The van der Waals surface area contributed by atoms with Crippen molar-refractivity contribution in [1.29, 1.82) is 0 Å². The van der Waals surface area contributed by atoms with Crippen LogP contribution in [0.4, 0.5) is 4.39 Å². The molecule has 1 N–H and O–H groups in total. The Kier molecular flexibility index (Phi) is 2.16. The average Bonchev–Trinajstić information content (AvgIpc) is 2.33. The van der Waals surface area contributed by atoms with E-state index in [1.54, 1.807) is 13.8 Å². The highest BCUT2D eigenvalue weighted by Gasteiger charge is 2.38. The van der Waals surface area contributed by atoms with E-state index in [-0.39, 0.29) is 11.2 Å². The third-order valence-electron chi connectivity index (χ3n) is 3.50. The summed E-state index contributed by atoms with van der Waals surface area (Å²) in [6.45, 7) is 7.73. The number of fused-ring (bicyclic) bond motifs is 1. The van der Waals surface area contributed by atoms with Crippen molar-refractivity contribution in [1.82, 2.24) is 0 Å². The summed E-state index contributed by atoms with van der Waals surface area (Å²) in [5, 5.41) is 9.95. The molecule has 0 bridgehead atoms. The third-order valence-corrected chi connectivity index (χ3v) is 3.50. The summed E-state index contributed by atoms with van der Waals surface area (Å²) in [6.07, 6.45) is 0.177. The van der Waals surface area contributed by atoms with E-state index in [9.17, 15) is 9.50 Å². The normalized spacial score (nSPS) is 22.9. The quantitative estimate of drug-likeness (QED) is 0.694. The second kappa shape index (κ2) is 3.05. The number of hydrogen-bond acceptors (Lipinski definition) is 1. The predicted molar refractivity (Wildman–Crippen MR) is 58.5 cm³/mol. The molecule has 0 fully saturated rings. The van der Waals surface area contributed by atoms with E-state index in [0.717, 1.165) is 11.1 Å². The van der Waals surface area contributed by atoms with Gasteiger partial charge in [0.25, 0.3) is 0 Å². The molecule has 0 saturated carbocycles. The fraction of sp³-hybridized carbons (Fsp3) is 0.538. The van der Waals surface area contributed by atoms with Crippen molar-refractivity contribution < 1.29 is 9.50 Å². The van der Waals surface area contributed by atoms with E-state index in [1.807, 2.05) is 6.07 Å². The van der Waals surface area contributed by atoms with E-state index in [0.29, 0.717) is 17.5 Å². The Bertz CT molecular complexity index is 421. The summed E-state index contributed by atoms with van der Waals surface area (Å²) in [4.78, 5) is 0. The van der Waals surface area contributed by atoms with Gasteiger partial charge in [0, 0.05) is 0 Å². The maximum absolute atomic E-state index is 13.7. The van der Waals surface area contributed by atoms with Gasteiger partial charge in [0.15, 0.2) is 0 Å². The van der Waals surface area contributed by atoms with Crippen LogP contribution < -0.4 is 0 Å². The SMILES string of the molecule is Cc1cc2c(c(C)c1F)[C@@H](O)CC2(C)C. The van der Waals surface area contributed by atoms with E-state index in [1.165, 1.54) is 0 Å². The average molecular weight is 208 g/mol. The van der Waals surface area contributed by atoms with Crippen molar-refractivity contribution in [3.8, 4) is 0 Å². The molecule has 1 nitrogen and oxygen atoms in total. The predicted octanol–water partition coefficient (Wildman–Crippen LogP) is 3.16. The van der Waals surface area contributed by atoms with Gasteiger partial charge < -0.3 is 5.11 Å². The molecule has 2 heteroatoms. The third kappa shape index (κ3) is 1.39. The van der Waals surface area contributed by atoms with Crippen molar-refractivity contribution in [2.45, 2.75) is 45.6 Å². The summed E-state index contributed by atoms with van der Waals surface area (Å²) in [5.74, 6) is -0.175. The second-order valence-electron chi connectivity index (χ2n) is 5.20. The molecule has 0 aromatic heterocycles. The second-order valence-corrected chi connectivity index (χ2v) is 5.20. The van der Waals surface area contributed by atoms with Crippen LogP contribution in [0.1, 0.15) is 48.6 Å². The Labute approximate surface area is 89.9 Å². The van der Waals surface area contributed by atoms with E-state index in [2.05, 4.69) is 13.8 Å². The van der Waals surface area contributed by atoms with Gasteiger partial charge in [-0.25, -0.2) is 4.39 Å². The molecule has 82 valence electrons. The molecule has 1 atom stereocenters. The fourth-order valence-corrected chi connectivity index (χ4v) is 2.66. The molecule has 0 amide bonds. The summed E-state index contributed by atoms with van der Waals surface area (Å²) < 4.78 is 13.7. The lowest BCUT2D eigenvalue weighted by atomic mass is 9.85. The summed E-state index contributed by atoms with van der Waals surface area (Å²) >= 11 is 0. The molecular formula is C13H17FO. The lowest BCUT2D eigenvalue weighted by molar-refractivity contribution is 0.161. The highest BCUT2D eigenvalue weighted by atomic mass is 19.1. The highest BCUT2D eigenvalue weighted by molar-refractivity contribution is 5.48. The summed E-state index contributed by atoms with van der Waals surface area (Å²) in [5.41, 5.74) is 3.16. The van der Waals surface area contributed by atoms with Crippen LogP contribution >= 0.6 is 0 Å². The van der Waals surface area contributed by atoms with Crippen molar-refractivity contribution >= 4 is 0 Å². The molecule has 1 aromatic rings. The zero-order valence-electron chi connectivity index (χ0n) is 9.69. The Morgan fingerprint density at radius 2 is 2.00 bits per heavy atom. The molecule has 1 aromatic carbocycles. The minimum atomic E-state index is -0.509. The zero-order chi connectivity index (χ0) is 11.4. The number of aliphatic hydroxyl groups excluding tert-OH is 1. The molecule has 15 heavy (non-hydrogen) atoms. The van der Waals surface area contributed by atoms with Gasteiger partial charge in [-0.2, -0.15) is 0 Å². The molecule has 2 rings (SSSR count). The fourth-order valence-electron chi connectivity index (χ4n) is 2.66. The maximum Gasteiger partial charge on any atom is 0.129 e. The molecule has 0 radical (unpaired) electrons. The Morgan fingerprint density at radius 3 is 2.60 bits per heavy atom. The van der Waals surface area contributed by atoms with E-state index < -0.39 is 6.10 Å². The van der Waals surface area contributed by atoms with Crippen molar-refractivity contribution in [2.75, 3.05) is 0 Å². The van der Waals surface area contributed by atoms with Gasteiger partial charge in [0.2, 0.25) is 0 Å². The minimum absolute atomic E-state index is 0.0437. The number of rotatable bonds is 0. The van der Waals surface area contributed by atoms with Crippen LogP contribution in [0.3, 0.4) is 0 Å². The largest absolute Gasteiger partial charge is 0.388 e. The lowest BCUT2D eigenvalue weighted by Crippen LogP contribution is -2.12. The molecule has 0 aliphatic heterocycles. The Hall–Kier alpha value is -0.890. The van der Waals surface area contributed by atoms with Crippen LogP contribution in [0, 0.1) is 19.7 Å². The standard InChI is InChI=1S/C13H17FO/c1-7-5-9-11(8(2)12(7)14)10(15)6-13(9,3)4/h5,10,15H,6H2,1-4H3/t10-/m0/s1. The lowest BCUT2D eigenvalue weighted by Gasteiger charge is -2.19. The summed E-state index contributed by atoms with van der Waals surface area (Å²) in [6, 6.07) is 1.88. The van der Waals surface area contributed by atoms with Gasteiger partial charge in [-0.3, -0.25) is 0 Å². The molecule has 1 aliphatic carbocycles. The Morgan fingerprint density at radius 1 is 1.40 bits per heavy atom. The summed E-state index contributed by atoms with van der Waals surface area (Å²) in [7, 11) is 0. The molecule has 0 heterocycles. The highest BCUT2D eigenvalue weighted by Crippen LogP contribution is 2.46. The van der Waals surface area contributed by atoms with Crippen LogP contribution in [-0.2, 0) is 5.41 Å².